The van der Waals surface area contributed by atoms with Crippen LogP contribution in [-0.2, 0) is 14.3 Å². The Bertz CT molecular complexity index is 635. The summed E-state index contributed by atoms with van der Waals surface area (Å²) in [5, 5.41) is 2.68. The van der Waals surface area contributed by atoms with Gasteiger partial charge < -0.3 is 29.2 Å². The zero-order valence-electron chi connectivity index (χ0n) is 15.5. The van der Waals surface area contributed by atoms with E-state index in [0.717, 1.165) is 0 Å². The van der Waals surface area contributed by atoms with Crippen molar-refractivity contribution in [3.05, 3.63) is 18.2 Å². The molecule has 1 N–H and O–H groups in total. The van der Waals surface area contributed by atoms with E-state index in [9.17, 15) is 9.59 Å². The van der Waals surface area contributed by atoms with Crippen molar-refractivity contribution >= 4 is 17.6 Å². The summed E-state index contributed by atoms with van der Waals surface area (Å²) in [6.07, 6.45) is -0.522. The smallest absolute Gasteiger partial charge is 0.325 e. The Labute approximate surface area is 152 Å². The number of carbonyl (C=O) groups excluding carboxylic acids is 2. The Morgan fingerprint density at radius 2 is 1.88 bits per heavy atom. The largest absolute Gasteiger partial charge is 0.497 e. The van der Waals surface area contributed by atoms with Gasteiger partial charge in [-0.15, -0.1) is 0 Å². The van der Waals surface area contributed by atoms with Crippen LogP contribution in [0.4, 0.5) is 10.5 Å². The van der Waals surface area contributed by atoms with Crippen molar-refractivity contribution in [1.29, 1.82) is 0 Å². The number of urea groups is 1. The van der Waals surface area contributed by atoms with Gasteiger partial charge in [-0.25, -0.2) is 4.79 Å². The molecule has 0 saturated carbocycles. The Morgan fingerprint density at radius 1 is 1.15 bits per heavy atom. The summed E-state index contributed by atoms with van der Waals surface area (Å²) in [4.78, 5) is 27.8. The van der Waals surface area contributed by atoms with Crippen molar-refractivity contribution in [3.8, 4) is 11.5 Å². The molecule has 0 aliphatic carbocycles. The molecule has 26 heavy (non-hydrogen) atoms. The maximum Gasteiger partial charge on any atom is 0.325 e. The van der Waals surface area contributed by atoms with Gasteiger partial charge in [0, 0.05) is 33.4 Å². The number of hydrogen-bond donors (Lipinski definition) is 1. The normalized spacial score (nSPS) is 14.1. The van der Waals surface area contributed by atoms with Crippen LogP contribution in [0, 0.1) is 0 Å². The molecule has 0 radical (unpaired) electrons. The van der Waals surface area contributed by atoms with Crippen molar-refractivity contribution in [2.24, 2.45) is 0 Å². The third-order valence-corrected chi connectivity index (χ3v) is 4.10. The molecule has 1 saturated heterocycles. The molecule has 0 unspecified atom stereocenters. The monoisotopic (exact) mass is 367 g/mol. The van der Waals surface area contributed by atoms with Crippen LogP contribution in [0.1, 0.15) is 0 Å². The van der Waals surface area contributed by atoms with E-state index >= 15 is 0 Å². The zero-order chi connectivity index (χ0) is 19.1. The SMILES string of the molecule is COc1ccc(OC)c(N2CCN(CC(=O)NCC(OC)OC)C2=O)c1. The Hall–Kier alpha value is -2.52. The van der Waals surface area contributed by atoms with Crippen molar-refractivity contribution in [1.82, 2.24) is 10.2 Å². The third kappa shape index (κ3) is 4.55. The molecular formula is C17H25N3O6. The first-order chi connectivity index (χ1) is 12.5. The number of benzene rings is 1. The number of rotatable bonds is 9. The molecule has 9 heteroatoms. The zero-order valence-corrected chi connectivity index (χ0v) is 15.5. The fourth-order valence-corrected chi connectivity index (χ4v) is 2.65. The predicted octanol–water partition coefficient (Wildman–Crippen LogP) is 0.681. The van der Waals surface area contributed by atoms with Crippen molar-refractivity contribution in [2.75, 3.05) is 59.5 Å². The minimum atomic E-state index is -0.522. The Kier molecular flexibility index (Phi) is 7.05. The lowest BCUT2D eigenvalue weighted by Crippen LogP contribution is -2.42. The first kappa shape index (κ1) is 19.8. The number of anilines is 1. The molecule has 0 aromatic heterocycles. The second kappa shape index (κ2) is 9.25. The molecule has 0 spiro atoms. The van der Waals surface area contributed by atoms with Gasteiger partial charge in [-0.05, 0) is 12.1 Å². The van der Waals surface area contributed by atoms with Crippen LogP contribution >= 0.6 is 0 Å². The molecule has 1 heterocycles. The first-order valence-electron chi connectivity index (χ1n) is 8.14. The number of carbonyl (C=O) groups is 2. The van der Waals surface area contributed by atoms with Gasteiger partial charge in [0.1, 0.15) is 18.0 Å². The standard InChI is InChI=1S/C17H25N3O6/c1-23-12-5-6-14(24-2)13(9-12)20-8-7-19(17(20)22)11-15(21)18-10-16(25-3)26-4/h5-6,9,16H,7-8,10-11H2,1-4H3,(H,18,21). The lowest BCUT2D eigenvalue weighted by molar-refractivity contribution is -0.127. The van der Waals surface area contributed by atoms with E-state index in [1.807, 2.05) is 0 Å². The summed E-state index contributed by atoms with van der Waals surface area (Å²) in [5.74, 6) is 0.903. The van der Waals surface area contributed by atoms with Crippen molar-refractivity contribution < 1.29 is 28.5 Å². The molecule has 1 fully saturated rings. The molecular weight excluding hydrogens is 342 g/mol. The fourth-order valence-electron chi connectivity index (χ4n) is 2.65. The molecule has 9 nitrogen and oxygen atoms in total. The minimum Gasteiger partial charge on any atom is -0.497 e. The maximum absolute atomic E-state index is 12.7. The number of amides is 3. The number of methoxy groups -OCH3 is 4. The van der Waals surface area contributed by atoms with Crippen LogP contribution < -0.4 is 19.7 Å². The van der Waals surface area contributed by atoms with Gasteiger partial charge in [0.25, 0.3) is 0 Å². The lowest BCUT2D eigenvalue weighted by Gasteiger charge is -2.21. The highest BCUT2D eigenvalue weighted by Crippen LogP contribution is 2.34. The van der Waals surface area contributed by atoms with Crippen LogP contribution in [-0.4, -0.2) is 77.7 Å². The maximum atomic E-state index is 12.7. The van der Waals surface area contributed by atoms with Gasteiger partial charge in [-0.1, -0.05) is 0 Å². The van der Waals surface area contributed by atoms with Gasteiger partial charge in [-0.2, -0.15) is 0 Å². The number of nitrogens with zero attached hydrogens (tertiary/aromatic N) is 2. The number of nitrogens with one attached hydrogen (secondary N) is 1. The molecule has 144 valence electrons. The summed E-state index contributed by atoms with van der Waals surface area (Å²) >= 11 is 0. The molecule has 0 bridgehead atoms. The van der Waals surface area contributed by atoms with E-state index in [2.05, 4.69) is 5.32 Å². The van der Waals surface area contributed by atoms with E-state index in [4.69, 9.17) is 18.9 Å². The summed E-state index contributed by atoms with van der Waals surface area (Å²) in [6, 6.07) is 4.98. The molecule has 3 amide bonds. The number of ether oxygens (including phenoxy) is 4. The van der Waals surface area contributed by atoms with E-state index in [0.29, 0.717) is 30.3 Å². The average molecular weight is 367 g/mol. The Morgan fingerprint density at radius 3 is 2.50 bits per heavy atom. The first-order valence-corrected chi connectivity index (χ1v) is 8.14. The van der Waals surface area contributed by atoms with Gasteiger partial charge in [-0.3, -0.25) is 9.69 Å². The average Bonchev–Trinajstić information content (AvgIpc) is 3.02. The summed E-state index contributed by atoms with van der Waals surface area (Å²) in [6.45, 7) is 1.06. The summed E-state index contributed by atoms with van der Waals surface area (Å²) in [7, 11) is 6.08. The highest BCUT2D eigenvalue weighted by atomic mass is 16.7. The summed E-state index contributed by atoms with van der Waals surface area (Å²) < 4.78 is 20.6. The highest BCUT2D eigenvalue weighted by Gasteiger charge is 2.32. The fraction of sp³-hybridized carbons (Fsp3) is 0.529. The highest BCUT2D eigenvalue weighted by molar-refractivity contribution is 5.97. The quantitative estimate of drug-likeness (QED) is 0.646. The van der Waals surface area contributed by atoms with Gasteiger partial charge in [0.2, 0.25) is 5.91 Å². The van der Waals surface area contributed by atoms with E-state index in [1.165, 1.54) is 19.1 Å². The molecule has 0 atom stereocenters. The second-order valence-electron chi connectivity index (χ2n) is 5.60. The molecule has 2 rings (SSSR count). The van der Waals surface area contributed by atoms with Crippen LogP contribution in [0.5, 0.6) is 11.5 Å². The minimum absolute atomic E-state index is 0.0399. The second-order valence-corrected chi connectivity index (χ2v) is 5.60. The van der Waals surface area contributed by atoms with Crippen LogP contribution in [0.3, 0.4) is 0 Å². The van der Waals surface area contributed by atoms with Crippen LogP contribution in [0.2, 0.25) is 0 Å². The van der Waals surface area contributed by atoms with Crippen molar-refractivity contribution in [3.63, 3.8) is 0 Å². The van der Waals surface area contributed by atoms with Crippen LogP contribution in [0.15, 0.2) is 18.2 Å². The Balaban J connectivity index is 2.00. The topological polar surface area (TPSA) is 89.6 Å². The lowest BCUT2D eigenvalue weighted by atomic mass is 10.2. The van der Waals surface area contributed by atoms with E-state index in [1.54, 1.807) is 37.3 Å². The van der Waals surface area contributed by atoms with Crippen molar-refractivity contribution in [2.45, 2.75) is 6.29 Å². The predicted molar refractivity (Wildman–Crippen MR) is 94.7 cm³/mol. The molecule has 1 aromatic rings. The van der Waals surface area contributed by atoms with Gasteiger partial charge >= 0.3 is 6.03 Å². The summed E-state index contributed by atoms with van der Waals surface area (Å²) in [5.41, 5.74) is 0.610. The van der Waals surface area contributed by atoms with E-state index < -0.39 is 6.29 Å². The van der Waals surface area contributed by atoms with Crippen LogP contribution in [0.25, 0.3) is 0 Å². The molecule has 1 aliphatic rings. The third-order valence-electron chi connectivity index (χ3n) is 4.10. The van der Waals surface area contributed by atoms with Gasteiger partial charge in [0.05, 0.1) is 26.5 Å². The molecule has 1 aromatic carbocycles. The molecule has 1 aliphatic heterocycles. The van der Waals surface area contributed by atoms with E-state index in [-0.39, 0.29) is 25.0 Å². The van der Waals surface area contributed by atoms with Gasteiger partial charge in [0.15, 0.2) is 6.29 Å². The number of hydrogen-bond acceptors (Lipinski definition) is 6.